The summed E-state index contributed by atoms with van der Waals surface area (Å²) in [5.74, 6) is 1.03. The number of hydrogen-bond donors (Lipinski definition) is 1. The highest BCUT2D eigenvalue weighted by atomic mass is 15.0. The summed E-state index contributed by atoms with van der Waals surface area (Å²) < 4.78 is 0. The average Bonchev–Trinajstić information content (AvgIpc) is 3.29. The molecule has 1 N–H and O–H groups in total. The third-order valence-electron chi connectivity index (χ3n) is 6.63. The van der Waals surface area contributed by atoms with Gasteiger partial charge in [-0.25, -0.2) is 0 Å². The molecule has 1 aliphatic heterocycles. The highest BCUT2D eigenvalue weighted by Gasteiger charge is 2.38. The van der Waals surface area contributed by atoms with Gasteiger partial charge in [-0.2, -0.15) is 0 Å². The van der Waals surface area contributed by atoms with Gasteiger partial charge in [0.1, 0.15) is 0 Å². The lowest BCUT2D eigenvalue weighted by Gasteiger charge is -2.38. The number of fused-ring (bicyclic) bond motifs is 4. The molecule has 1 nitrogen and oxygen atoms in total. The summed E-state index contributed by atoms with van der Waals surface area (Å²) in [6, 6.07) is 33.4. The Balaban J connectivity index is 1.46. The SMILES string of the molecule is C1=C[C@@H]2c3cc(-c4ccccc4)ccc3N[C@H](c3cccc4ccccc34)[C@@H]2C1. The van der Waals surface area contributed by atoms with E-state index >= 15 is 0 Å². The predicted octanol–water partition coefficient (Wildman–Crippen LogP) is 7.33. The van der Waals surface area contributed by atoms with Gasteiger partial charge in [-0.05, 0) is 57.5 Å². The van der Waals surface area contributed by atoms with Crippen molar-refractivity contribution in [3.8, 4) is 11.1 Å². The van der Waals surface area contributed by atoms with E-state index in [4.69, 9.17) is 0 Å². The topological polar surface area (TPSA) is 12.0 Å². The first kappa shape index (κ1) is 16.6. The summed E-state index contributed by atoms with van der Waals surface area (Å²) >= 11 is 0. The Labute approximate surface area is 171 Å². The Bertz CT molecular complexity index is 1220. The van der Waals surface area contributed by atoms with Crippen molar-refractivity contribution >= 4 is 16.5 Å². The van der Waals surface area contributed by atoms with Crippen molar-refractivity contribution in [2.45, 2.75) is 18.4 Å². The molecule has 6 rings (SSSR count). The van der Waals surface area contributed by atoms with Gasteiger partial charge < -0.3 is 5.32 Å². The molecular formula is C28H23N. The summed E-state index contributed by atoms with van der Waals surface area (Å²) in [4.78, 5) is 0. The third kappa shape index (κ3) is 2.69. The second kappa shape index (κ2) is 6.63. The minimum Gasteiger partial charge on any atom is -0.378 e. The van der Waals surface area contributed by atoms with Crippen molar-refractivity contribution in [3.05, 3.63) is 114 Å². The summed E-state index contributed by atoms with van der Waals surface area (Å²) in [5, 5.41) is 6.60. The van der Waals surface area contributed by atoms with E-state index in [1.165, 1.54) is 38.7 Å². The van der Waals surface area contributed by atoms with Gasteiger partial charge in [-0.15, -0.1) is 0 Å². The van der Waals surface area contributed by atoms with E-state index in [9.17, 15) is 0 Å². The lowest BCUT2D eigenvalue weighted by Crippen LogP contribution is -2.29. The molecule has 0 spiro atoms. The van der Waals surface area contributed by atoms with Gasteiger partial charge in [0, 0.05) is 11.6 Å². The first-order valence-electron chi connectivity index (χ1n) is 10.5. The fourth-order valence-corrected chi connectivity index (χ4v) is 5.23. The van der Waals surface area contributed by atoms with Crippen LogP contribution in [0.3, 0.4) is 0 Å². The average molecular weight is 373 g/mol. The molecule has 0 bridgehead atoms. The van der Waals surface area contributed by atoms with Crippen LogP contribution in [0.25, 0.3) is 21.9 Å². The van der Waals surface area contributed by atoms with Crippen LogP contribution in [0.15, 0.2) is 103 Å². The Morgan fingerprint density at radius 3 is 2.45 bits per heavy atom. The maximum atomic E-state index is 3.92. The van der Waals surface area contributed by atoms with E-state index in [1.54, 1.807) is 0 Å². The van der Waals surface area contributed by atoms with Crippen LogP contribution >= 0.6 is 0 Å². The van der Waals surface area contributed by atoms with Crippen LogP contribution in [-0.2, 0) is 0 Å². The molecule has 0 saturated carbocycles. The van der Waals surface area contributed by atoms with Crippen LogP contribution in [0.4, 0.5) is 5.69 Å². The Kier molecular flexibility index (Phi) is 3.80. The maximum absolute atomic E-state index is 3.92. The number of rotatable bonds is 2. The van der Waals surface area contributed by atoms with Crippen molar-refractivity contribution < 1.29 is 0 Å². The molecule has 4 aromatic carbocycles. The fraction of sp³-hybridized carbons (Fsp3) is 0.143. The number of anilines is 1. The molecule has 140 valence electrons. The quantitative estimate of drug-likeness (QED) is 0.363. The summed E-state index contributed by atoms with van der Waals surface area (Å²) in [6.07, 6.45) is 5.93. The second-order valence-corrected chi connectivity index (χ2v) is 8.21. The number of hydrogen-bond acceptors (Lipinski definition) is 1. The summed E-state index contributed by atoms with van der Waals surface area (Å²) in [6.45, 7) is 0. The van der Waals surface area contributed by atoms with Crippen molar-refractivity contribution in [2.75, 3.05) is 5.32 Å². The normalized spacial score (nSPS) is 22.1. The van der Waals surface area contributed by atoms with E-state index in [2.05, 4.69) is 108 Å². The number of benzene rings is 4. The zero-order valence-corrected chi connectivity index (χ0v) is 16.3. The standard InChI is InChI=1S/C28H23N/c1-2-8-19(9-3-1)21-16-17-27-26(18-21)23-13-7-15-25(23)28(29-27)24-14-6-11-20-10-4-5-12-22(20)24/h1-14,16-18,23,25,28-29H,15H2/t23-,25+,28+/m0/s1. The molecule has 0 amide bonds. The van der Waals surface area contributed by atoms with Gasteiger partial charge in [0.05, 0.1) is 6.04 Å². The molecule has 29 heavy (non-hydrogen) atoms. The maximum Gasteiger partial charge on any atom is 0.0560 e. The zero-order chi connectivity index (χ0) is 19.2. The van der Waals surface area contributed by atoms with Gasteiger partial charge in [0.15, 0.2) is 0 Å². The minimum absolute atomic E-state index is 0.330. The largest absolute Gasteiger partial charge is 0.378 e. The highest BCUT2D eigenvalue weighted by molar-refractivity contribution is 5.87. The van der Waals surface area contributed by atoms with Crippen molar-refractivity contribution in [1.82, 2.24) is 0 Å². The molecular weight excluding hydrogens is 350 g/mol. The summed E-state index contributed by atoms with van der Waals surface area (Å²) in [7, 11) is 0. The Morgan fingerprint density at radius 1 is 0.690 bits per heavy atom. The lowest BCUT2D eigenvalue weighted by molar-refractivity contribution is 0.427. The molecule has 4 aromatic rings. The van der Waals surface area contributed by atoms with Gasteiger partial charge in [0.25, 0.3) is 0 Å². The fourth-order valence-electron chi connectivity index (χ4n) is 5.23. The Morgan fingerprint density at radius 2 is 1.52 bits per heavy atom. The molecule has 0 saturated heterocycles. The number of nitrogens with one attached hydrogen (secondary N) is 1. The lowest BCUT2D eigenvalue weighted by atomic mass is 9.75. The molecule has 1 heterocycles. The van der Waals surface area contributed by atoms with E-state index in [0.29, 0.717) is 17.9 Å². The van der Waals surface area contributed by atoms with Crippen LogP contribution in [0, 0.1) is 5.92 Å². The monoisotopic (exact) mass is 373 g/mol. The predicted molar refractivity (Wildman–Crippen MR) is 122 cm³/mol. The van der Waals surface area contributed by atoms with Crippen LogP contribution in [0.5, 0.6) is 0 Å². The highest BCUT2D eigenvalue weighted by Crippen LogP contribution is 2.51. The molecule has 2 aliphatic rings. The molecule has 0 fully saturated rings. The molecule has 3 atom stereocenters. The third-order valence-corrected chi connectivity index (χ3v) is 6.63. The smallest absolute Gasteiger partial charge is 0.0560 e. The van der Waals surface area contributed by atoms with Gasteiger partial charge in [0.2, 0.25) is 0 Å². The van der Waals surface area contributed by atoms with Gasteiger partial charge in [-0.1, -0.05) is 91.0 Å². The van der Waals surface area contributed by atoms with Gasteiger partial charge in [-0.3, -0.25) is 0 Å². The molecule has 1 aliphatic carbocycles. The zero-order valence-electron chi connectivity index (χ0n) is 16.3. The first-order chi connectivity index (χ1) is 14.4. The van der Waals surface area contributed by atoms with E-state index in [0.717, 1.165) is 6.42 Å². The minimum atomic E-state index is 0.330. The van der Waals surface area contributed by atoms with Crippen molar-refractivity contribution in [2.24, 2.45) is 5.92 Å². The van der Waals surface area contributed by atoms with E-state index in [-0.39, 0.29) is 0 Å². The van der Waals surface area contributed by atoms with Crippen LogP contribution in [0.2, 0.25) is 0 Å². The summed E-state index contributed by atoms with van der Waals surface area (Å²) in [5.41, 5.74) is 6.70. The van der Waals surface area contributed by atoms with E-state index < -0.39 is 0 Å². The molecule has 0 radical (unpaired) electrons. The Hall–Kier alpha value is -3.32. The van der Waals surface area contributed by atoms with E-state index in [1.807, 2.05) is 0 Å². The molecule has 0 unspecified atom stereocenters. The van der Waals surface area contributed by atoms with Crippen LogP contribution in [-0.4, -0.2) is 0 Å². The first-order valence-corrected chi connectivity index (χ1v) is 10.5. The van der Waals surface area contributed by atoms with Crippen molar-refractivity contribution in [3.63, 3.8) is 0 Å². The molecule has 0 aromatic heterocycles. The second-order valence-electron chi connectivity index (χ2n) is 8.21. The number of allylic oxidation sites excluding steroid dienone is 2. The van der Waals surface area contributed by atoms with Crippen LogP contribution < -0.4 is 5.32 Å². The van der Waals surface area contributed by atoms with Crippen LogP contribution in [0.1, 0.15) is 29.5 Å². The van der Waals surface area contributed by atoms with Crippen molar-refractivity contribution in [1.29, 1.82) is 0 Å². The van der Waals surface area contributed by atoms with Gasteiger partial charge >= 0.3 is 0 Å². The molecule has 1 heteroatoms.